The number of nitrogens with zero attached hydrogens (tertiary/aromatic N) is 4. The van der Waals surface area contributed by atoms with E-state index in [1.54, 1.807) is 25.1 Å². The summed E-state index contributed by atoms with van der Waals surface area (Å²) < 4.78 is 11.1. The number of aromatic nitrogens is 3. The highest BCUT2D eigenvalue weighted by Gasteiger charge is 2.37. The second-order valence-corrected chi connectivity index (χ2v) is 11.7. The number of hydrogen-bond acceptors (Lipinski definition) is 11. The van der Waals surface area contributed by atoms with Gasteiger partial charge in [0.1, 0.15) is 27.8 Å². The minimum atomic E-state index is -1.45. The lowest BCUT2D eigenvalue weighted by Crippen LogP contribution is -2.58. The molecule has 1 aliphatic heterocycles. The molecule has 5 rings (SSSR count). The van der Waals surface area contributed by atoms with Gasteiger partial charge in [-0.05, 0) is 58.4 Å². The van der Waals surface area contributed by atoms with Gasteiger partial charge in [-0.2, -0.15) is 0 Å². The highest BCUT2D eigenvalue weighted by atomic mass is 35.5. The maximum Gasteiger partial charge on any atom is 0.439 e. The van der Waals surface area contributed by atoms with Crippen LogP contribution in [0.25, 0.3) is 28.1 Å². The molecule has 0 radical (unpaired) electrons. The summed E-state index contributed by atoms with van der Waals surface area (Å²) in [7, 11) is 0. The number of benzene rings is 1. The van der Waals surface area contributed by atoms with Gasteiger partial charge in [0.25, 0.3) is 5.91 Å². The van der Waals surface area contributed by atoms with Crippen LogP contribution in [0.5, 0.6) is 0 Å². The topological polar surface area (TPSA) is 193 Å². The van der Waals surface area contributed by atoms with E-state index in [0.29, 0.717) is 46.4 Å². The van der Waals surface area contributed by atoms with Crippen LogP contribution in [-0.4, -0.2) is 62.0 Å². The van der Waals surface area contributed by atoms with Crippen LogP contribution in [-0.2, 0) is 4.79 Å². The third kappa shape index (κ3) is 6.01. The molecular formula is C30H32ClN7O6. The molecule has 1 unspecified atom stereocenters. The number of amides is 1. The Morgan fingerprint density at radius 2 is 2.02 bits per heavy atom. The van der Waals surface area contributed by atoms with E-state index in [1.165, 1.54) is 31.2 Å². The second-order valence-electron chi connectivity index (χ2n) is 11.3. The third-order valence-electron chi connectivity index (χ3n) is 7.30. The number of aliphatic hydroxyl groups is 1. The normalized spacial score (nSPS) is 15.2. The van der Waals surface area contributed by atoms with E-state index in [-0.39, 0.29) is 39.8 Å². The van der Waals surface area contributed by atoms with E-state index in [2.05, 4.69) is 30.0 Å². The molecule has 1 amide bonds. The molecule has 3 aromatic heterocycles. The number of aromatic amines is 1. The fourth-order valence-electron chi connectivity index (χ4n) is 5.01. The zero-order chi connectivity index (χ0) is 31.9. The first-order valence-electron chi connectivity index (χ1n) is 13.8. The van der Waals surface area contributed by atoms with Crippen molar-refractivity contribution in [2.24, 2.45) is 10.7 Å². The highest BCUT2D eigenvalue weighted by molar-refractivity contribution is 6.29. The zero-order valence-electron chi connectivity index (χ0n) is 24.8. The molecule has 0 spiro atoms. The average molecular weight is 622 g/mol. The summed E-state index contributed by atoms with van der Waals surface area (Å²) in [5.41, 5.74) is 7.74. The van der Waals surface area contributed by atoms with Crippen molar-refractivity contribution in [1.82, 2.24) is 20.0 Å². The molecule has 1 atom stereocenters. The summed E-state index contributed by atoms with van der Waals surface area (Å²) in [6, 6.07) is 6.35. The smallest absolute Gasteiger partial charge is 0.439 e. The molecule has 0 aliphatic carbocycles. The number of allylic oxidation sites excluding steroid dienone is 1. The molecule has 230 valence electrons. The van der Waals surface area contributed by atoms with Crippen molar-refractivity contribution in [2.45, 2.75) is 52.3 Å². The Labute approximate surface area is 256 Å². The number of likely N-dealkylation sites (tertiary alicyclic amines) is 1. The SMILES string of the molecule is Cc1cc(C(C)Nc2ccc(Cl)nc2-c2noc(=O)[nH]2)c2oc(/C(C=NC3CN(C(=O)C(C)(C)O)C3)=C/N)c(C)c(=O)c2c1. The van der Waals surface area contributed by atoms with E-state index in [9.17, 15) is 19.5 Å². The number of fused-ring (bicyclic) bond motifs is 1. The molecule has 0 bridgehead atoms. The van der Waals surface area contributed by atoms with Crippen LogP contribution in [0, 0.1) is 13.8 Å². The van der Waals surface area contributed by atoms with Gasteiger partial charge in [0.05, 0.1) is 28.7 Å². The maximum absolute atomic E-state index is 13.6. The first-order chi connectivity index (χ1) is 20.8. The Hall–Kier alpha value is -4.75. The van der Waals surface area contributed by atoms with Gasteiger partial charge in [-0.15, -0.1) is 0 Å². The Morgan fingerprint density at radius 1 is 1.30 bits per heavy atom. The molecule has 1 fully saturated rings. The van der Waals surface area contributed by atoms with Crippen LogP contribution < -0.4 is 22.2 Å². The Kier molecular flexibility index (Phi) is 8.19. The van der Waals surface area contributed by atoms with E-state index in [0.717, 1.165) is 5.56 Å². The van der Waals surface area contributed by atoms with Crippen molar-refractivity contribution in [1.29, 1.82) is 0 Å². The molecule has 5 N–H and O–H groups in total. The number of carbonyl (C=O) groups is 1. The molecule has 0 saturated carbocycles. The minimum absolute atomic E-state index is 0.0989. The van der Waals surface area contributed by atoms with Gasteiger partial charge in [0, 0.05) is 36.6 Å². The Balaban J connectivity index is 1.48. The van der Waals surface area contributed by atoms with Crippen LogP contribution >= 0.6 is 11.6 Å². The summed E-state index contributed by atoms with van der Waals surface area (Å²) >= 11 is 6.12. The third-order valence-corrected chi connectivity index (χ3v) is 7.51. The number of carbonyl (C=O) groups excluding carboxylic acids is 1. The number of hydrogen-bond donors (Lipinski definition) is 4. The summed E-state index contributed by atoms with van der Waals surface area (Å²) in [5.74, 6) is -0.735. The van der Waals surface area contributed by atoms with Gasteiger partial charge in [-0.3, -0.25) is 24.1 Å². The summed E-state index contributed by atoms with van der Waals surface area (Å²) in [6.07, 6.45) is 2.85. The largest absolute Gasteiger partial charge is 0.455 e. The maximum atomic E-state index is 13.6. The molecule has 13 nitrogen and oxygen atoms in total. The number of nitrogens with two attached hydrogens (primary N) is 1. The molecule has 1 aromatic carbocycles. The molecule has 1 saturated heterocycles. The molecule has 4 aromatic rings. The van der Waals surface area contributed by atoms with E-state index < -0.39 is 17.4 Å². The van der Waals surface area contributed by atoms with E-state index in [4.69, 9.17) is 21.8 Å². The molecule has 44 heavy (non-hydrogen) atoms. The van der Waals surface area contributed by atoms with Gasteiger partial charge in [0.15, 0.2) is 5.43 Å². The van der Waals surface area contributed by atoms with Crippen LogP contribution in [0.3, 0.4) is 0 Å². The van der Waals surface area contributed by atoms with Crippen molar-refractivity contribution >= 4 is 46.0 Å². The van der Waals surface area contributed by atoms with E-state index in [1.807, 2.05) is 19.9 Å². The van der Waals surface area contributed by atoms with Crippen LogP contribution in [0.15, 0.2) is 54.0 Å². The first-order valence-corrected chi connectivity index (χ1v) is 14.2. The van der Waals surface area contributed by atoms with Crippen LogP contribution in [0.2, 0.25) is 5.15 Å². The van der Waals surface area contributed by atoms with Gasteiger partial charge in [-0.25, -0.2) is 9.78 Å². The monoisotopic (exact) mass is 621 g/mol. The van der Waals surface area contributed by atoms with Crippen molar-refractivity contribution in [3.8, 4) is 11.5 Å². The number of aryl methyl sites for hydroxylation is 1. The Morgan fingerprint density at radius 3 is 2.66 bits per heavy atom. The first kappa shape index (κ1) is 30.7. The highest BCUT2D eigenvalue weighted by Crippen LogP contribution is 2.33. The van der Waals surface area contributed by atoms with Gasteiger partial charge in [-0.1, -0.05) is 22.8 Å². The molecule has 4 heterocycles. The number of rotatable bonds is 8. The molecular weight excluding hydrogens is 590 g/mol. The predicted molar refractivity (Wildman–Crippen MR) is 167 cm³/mol. The fraction of sp³-hybridized carbons (Fsp3) is 0.333. The Bertz CT molecular complexity index is 1930. The predicted octanol–water partition coefficient (Wildman–Crippen LogP) is 3.33. The van der Waals surface area contributed by atoms with Crippen molar-refractivity contribution < 1.29 is 18.8 Å². The quantitative estimate of drug-likeness (QED) is 0.167. The van der Waals surface area contributed by atoms with Gasteiger partial charge < -0.3 is 25.5 Å². The number of halogens is 1. The van der Waals surface area contributed by atoms with Crippen molar-refractivity contribution in [2.75, 3.05) is 18.4 Å². The van der Waals surface area contributed by atoms with Crippen molar-refractivity contribution in [3.63, 3.8) is 0 Å². The number of aliphatic imine (C=N–C) groups is 1. The summed E-state index contributed by atoms with van der Waals surface area (Å²) in [6.45, 7) is 9.04. The lowest BCUT2D eigenvalue weighted by molar-refractivity contribution is -0.152. The van der Waals surface area contributed by atoms with Gasteiger partial charge >= 0.3 is 5.76 Å². The average Bonchev–Trinajstić information content (AvgIpc) is 3.38. The fourth-order valence-corrected chi connectivity index (χ4v) is 5.15. The van der Waals surface area contributed by atoms with Crippen LogP contribution in [0.1, 0.15) is 49.3 Å². The number of H-pyrrole nitrogens is 1. The van der Waals surface area contributed by atoms with Crippen molar-refractivity contribution in [3.05, 3.63) is 78.8 Å². The summed E-state index contributed by atoms with van der Waals surface area (Å²) in [4.78, 5) is 50.3. The standard InChI is InChI=1S/C30H32ClN7O6/c1-14-8-19(16(3)34-21-6-7-22(31)35-23(21)27-36-29(41)44-37-27)26-20(9-14)24(39)15(2)25(43-26)17(10-32)11-33-18-12-38(13-18)28(40)30(4,5)42/h6-11,16,18,34,42H,12-13,32H2,1-5H3,(H,36,37,41)/b17-10+,33-11?. The van der Waals surface area contributed by atoms with Crippen LogP contribution in [0.4, 0.5) is 5.69 Å². The molecule has 1 aliphatic rings. The zero-order valence-corrected chi connectivity index (χ0v) is 25.5. The lowest BCUT2D eigenvalue weighted by atomic mass is 9.99. The van der Waals surface area contributed by atoms with E-state index >= 15 is 0 Å². The summed E-state index contributed by atoms with van der Waals surface area (Å²) in [5, 5.41) is 17.6. The molecule has 14 heteroatoms. The second kappa shape index (κ2) is 11.7. The minimum Gasteiger partial charge on any atom is -0.455 e. The lowest BCUT2D eigenvalue weighted by Gasteiger charge is -2.39. The number of anilines is 1. The number of nitrogens with one attached hydrogen (secondary N) is 2. The number of pyridine rings is 1. The van der Waals surface area contributed by atoms with Gasteiger partial charge in [0.2, 0.25) is 5.82 Å².